The summed E-state index contributed by atoms with van der Waals surface area (Å²) in [6.45, 7) is 1.29. The van der Waals surface area contributed by atoms with E-state index in [9.17, 15) is 14.4 Å². The van der Waals surface area contributed by atoms with Crippen LogP contribution in [0.5, 0.6) is 0 Å². The third-order valence-corrected chi connectivity index (χ3v) is 4.57. The molecule has 1 aromatic carbocycles. The van der Waals surface area contributed by atoms with Gasteiger partial charge in [0.2, 0.25) is 5.91 Å². The fourth-order valence-electron chi connectivity index (χ4n) is 3.00. The van der Waals surface area contributed by atoms with Gasteiger partial charge in [-0.1, -0.05) is 0 Å². The van der Waals surface area contributed by atoms with Gasteiger partial charge < -0.3 is 5.32 Å². The van der Waals surface area contributed by atoms with Crippen LogP contribution in [0.25, 0.3) is 11.4 Å². The second kappa shape index (κ2) is 7.22. The average molecular weight is 377 g/mol. The van der Waals surface area contributed by atoms with Crippen molar-refractivity contribution in [1.29, 1.82) is 0 Å². The van der Waals surface area contributed by atoms with Gasteiger partial charge in [-0.25, -0.2) is 9.48 Å². The first-order valence-corrected chi connectivity index (χ1v) is 9.03. The number of aromatic nitrogens is 4. The average Bonchev–Trinajstić information content (AvgIpc) is 3.47. The lowest BCUT2D eigenvalue weighted by Gasteiger charge is -2.05. The van der Waals surface area contributed by atoms with Gasteiger partial charge in [0.05, 0.1) is 0 Å². The van der Waals surface area contributed by atoms with Crippen LogP contribution in [0.1, 0.15) is 36.2 Å². The second-order valence-corrected chi connectivity index (χ2v) is 6.79. The Morgan fingerprint density at radius 1 is 1.18 bits per heavy atom. The van der Waals surface area contributed by atoms with Crippen molar-refractivity contribution in [2.45, 2.75) is 32.4 Å². The Kier molecular flexibility index (Phi) is 4.60. The molecule has 0 radical (unpaired) electrons. The number of pyridine rings is 1. The molecule has 2 aromatic heterocycles. The second-order valence-electron chi connectivity index (χ2n) is 6.79. The summed E-state index contributed by atoms with van der Waals surface area (Å²) in [7, 11) is 0. The zero-order valence-electron chi connectivity index (χ0n) is 15.3. The van der Waals surface area contributed by atoms with Gasteiger partial charge in [0.25, 0.3) is 0 Å². The highest BCUT2D eigenvalue weighted by Crippen LogP contribution is 2.36. The van der Waals surface area contributed by atoms with E-state index in [0.717, 1.165) is 18.4 Å². The van der Waals surface area contributed by atoms with Crippen LogP contribution in [-0.2, 0) is 11.3 Å². The Morgan fingerprint density at radius 3 is 2.54 bits per heavy atom. The maximum atomic E-state index is 12.8. The van der Waals surface area contributed by atoms with E-state index in [1.165, 1.54) is 11.6 Å². The van der Waals surface area contributed by atoms with Crippen LogP contribution in [-0.4, -0.2) is 31.0 Å². The number of anilines is 1. The minimum Gasteiger partial charge on any atom is -0.324 e. The van der Waals surface area contributed by atoms with E-state index in [1.807, 2.05) is 6.07 Å². The van der Waals surface area contributed by atoms with E-state index in [-0.39, 0.29) is 30.0 Å². The SMILES string of the molecule is CC(=O)c1ccc(NC(=O)Cn2nc(-c3cccnc3)n(C3CC3)c2=O)cc1. The normalized spacial score (nSPS) is 13.3. The molecule has 2 heterocycles. The first-order valence-electron chi connectivity index (χ1n) is 9.03. The molecule has 3 aromatic rings. The third-order valence-electron chi connectivity index (χ3n) is 4.57. The third kappa shape index (κ3) is 3.62. The molecule has 8 nitrogen and oxygen atoms in total. The summed E-state index contributed by atoms with van der Waals surface area (Å²) in [5.41, 5.74) is 1.56. The molecule has 1 aliphatic carbocycles. The van der Waals surface area contributed by atoms with Crippen LogP contribution >= 0.6 is 0 Å². The Morgan fingerprint density at radius 2 is 1.93 bits per heavy atom. The number of nitrogens with one attached hydrogen (secondary N) is 1. The van der Waals surface area contributed by atoms with Crippen molar-refractivity contribution in [3.63, 3.8) is 0 Å². The van der Waals surface area contributed by atoms with Gasteiger partial charge in [-0.2, -0.15) is 0 Å². The molecule has 0 bridgehead atoms. The maximum absolute atomic E-state index is 12.8. The number of amides is 1. The van der Waals surface area contributed by atoms with Gasteiger partial charge in [0.1, 0.15) is 6.54 Å². The number of ketones is 1. The number of hydrogen-bond acceptors (Lipinski definition) is 5. The van der Waals surface area contributed by atoms with Crippen molar-refractivity contribution in [2.75, 3.05) is 5.32 Å². The number of Topliss-reactive ketones (excluding diaryl/α,β-unsaturated/α-hetero) is 1. The van der Waals surface area contributed by atoms with Gasteiger partial charge in [-0.05, 0) is 56.2 Å². The Balaban J connectivity index is 1.55. The smallest absolute Gasteiger partial charge is 0.324 e. The van der Waals surface area contributed by atoms with E-state index >= 15 is 0 Å². The standard InChI is InChI=1S/C20H19N5O3/c1-13(26)14-4-6-16(7-5-14)22-18(27)12-24-20(28)25(17-8-9-17)19(23-24)15-3-2-10-21-11-15/h2-7,10-11,17H,8-9,12H2,1H3,(H,22,27). The maximum Gasteiger partial charge on any atom is 0.346 e. The van der Waals surface area contributed by atoms with Crippen molar-refractivity contribution in [3.05, 3.63) is 64.8 Å². The largest absolute Gasteiger partial charge is 0.346 e. The van der Waals surface area contributed by atoms with Crippen LogP contribution < -0.4 is 11.0 Å². The summed E-state index contributed by atoms with van der Waals surface area (Å²) in [4.78, 5) is 40.6. The molecule has 1 fully saturated rings. The highest BCUT2D eigenvalue weighted by atomic mass is 16.2. The molecule has 1 aliphatic rings. The van der Waals surface area contributed by atoms with Gasteiger partial charge in [0.15, 0.2) is 11.6 Å². The summed E-state index contributed by atoms with van der Waals surface area (Å²) in [5.74, 6) is 0.119. The summed E-state index contributed by atoms with van der Waals surface area (Å²) in [6.07, 6.45) is 5.16. The monoisotopic (exact) mass is 377 g/mol. The zero-order chi connectivity index (χ0) is 19.7. The lowest BCUT2D eigenvalue weighted by Crippen LogP contribution is -2.30. The summed E-state index contributed by atoms with van der Waals surface area (Å²) in [5, 5.41) is 7.11. The fourth-order valence-corrected chi connectivity index (χ4v) is 3.00. The van der Waals surface area contributed by atoms with Crippen LogP contribution in [0.4, 0.5) is 5.69 Å². The predicted octanol–water partition coefficient (Wildman–Crippen LogP) is 2.28. The lowest BCUT2D eigenvalue weighted by atomic mass is 10.1. The Labute approximate surface area is 160 Å². The van der Waals surface area contributed by atoms with E-state index in [1.54, 1.807) is 47.3 Å². The first-order chi connectivity index (χ1) is 13.5. The molecule has 142 valence electrons. The van der Waals surface area contributed by atoms with E-state index in [4.69, 9.17) is 0 Å². The number of benzene rings is 1. The van der Waals surface area contributed by atoms with Crippen LogP contribution in [0.3, 0.4) is 0 Å². The molecule has 0 saturated heterocycles. The minimum atomic E-state index is -0.365. The first kappa shape index (κ1) is 17.8. The lowest BCUT2D eigenvalue weighted by molar-refractivity contribution is -0.117. The van der Waals surface area contributed by atoms with Crippen molar-refractivity contribution in [3.8, 4) is 11.4 Å². The van der Waals surface area contributed by atoms with Crippen LogP contribution in [0, 0.1) is 0 Å². The van der Waals surface area contributed by atoms with Crippen molar-refractivity contribution in [1.82, 2.24) is 19.3 Å². The fraction of sp³-hybridized carbons (Fsp3) is 0.250. The molecule has 1 saturated carbocycles. The van der Waals surface area contributed by atoms with E-state index in [2.05, 4.69) is 15.4 Å². The molecule has 0 spiro atoms. The van der Waals surface area contributed by atoms with Crippen LogP contribution in [0.15, 0.2) is 53.6 Å². The van der Waals surface area contributed by atoms with Crippen LogP contribution in [0.2, 0.25) is 0 Å². The molecule has 28 heavy (non-hydrogen) atoms. The Bertz CT molecular complexity index is 1080. The number of carbonyl (C=O) groups excluding carboxylic acids is 2. The van der Waals surface area contributed by atoms with Gasteiger partial charge in [-0.3, -0.25) is 19.1 Å². The molecule has 0 aliphatic heterocycles. The molecule has 1 amide bonds. The topological polar surface area (TPSA) is 98.9 Å². The number of hydrogen-bond donors (Lipinski definition) is 1. The van der Waals surface area contributed by atoms with Gasteiger partial charge in [-0.15, -0.1) is 5.10 Å². The van der Waals surface area contributed by atoms with Gasteiger partial charge >= 0.3 is 5.69 Å². The number of nitrogens with zero attached hydrogens (tertiary/aromatic N) is 4. The molecule has 0 unspecified atom stereocenters. The van der Waals surface area contributed by atoms with Gasteiger partial charge in [0, 0.05) is 35.2 Å². The summed E-state index contributed by atoms with van der Waals surface area (Å²) < 4.78 is 2.83. The van der Waals surface area contributed by atoms with Crippen molar-refractivity contribution in [2.24, 2.45) is 0 Å². The van der Waals surface area contributed by atoms with E-state index < -0.39 is 0 Å². The molecule has 0 atom stereocenters. The molecule has 4 rings (SSSR count). The highest BCUT2D eigenvalue weighted by Gasteiger charge is 2.30. The number of rotatable bonds is 6. The Hall–Kier alpha value is -3.55. The summed E-state index contributed by atoms with van der Waals surface area (Å²) in [6, 6.07) is 10.3. The quantitative estimate of drug-likeness (QED) is 0.665. The van der Waals surface area contributed by atoms with Crippen molar-refractivity contribution < 1.29 is 9.59 Å². The predicted molar refractivity (Wildman–Crippen MR) is 103 cm³/mol. The molecular formula is C20H19N5O3. The highest BCUT2D eigenvalue weighted by molar-refractivity contribution is 5.95. The zero-order valence-corrected chi connectivity index (χ0v) is 15.3. The van der Waals surface area contributed by atoms with Crippen molar-refractivity contribution >= 4 is 17.4 Å². The summed E-state index contributed by atoms with van der Waals surface area (Å²) >= 11 is 0. The minimum absolute atomic E-state index is 0.0435. The number of carbonyl (C=O) groups is 2. The molecule has 8 heteroatoms. The molecular weight excluding hydrogens is 358 g/mol. The van der Waals surface area contributed by atoms with E-state index in [0.29, 0.717) is 17.1 Å². The molecule has 1 N–H and O–H groups in total.